The number of carbonyl (C=O) groups is 1. The van der Waals surface area contributed by atoms with Gasteiger partial charge in [0.25, 0.3) is 0 Å². The van der Waals surface area contributed by atoms with Gasteiger partial charge in [-0.1, -0.05) is 18.2 Å². The Balaban J connectivity index is 2.07. The van der Waals surface area contributed by atoms with Crippen LogP contribution in [-0.2, 0) is 11.3 Å². The van der Waals surface area contributed by atoms with Crippen LogP contribution in [0, 0.1) is 11.3 Å². The minimum atomic E-state index is -0.463. The van der Waals surface area contributed by atoms with Crippen LogP contribution >= 0.6 is 11.3 Å². The summed E-state index contributed by atoms with van der Waals surface area (Å²) in [4.78, 5) is 12.1. The Labute approximate surface area is 108 Å². The second-order valence-corrected chi connectivity index (χ2v) is 4.47. The topological polar surface area (TPSA) is 76.1 Å². The van der Waals surface area contributed by atoms with Crippen molar-refractivity contribution in [1.82, 2.24) is 0 Å². The first-order chi connectivity index (χ1) is 8.72. The van der Waals surface area contributed by atoms with Crippen molar-refractivity contribution in [3.05, 3.63) is 51.7 Å². The standard InChI is InChI=1S/C13H10N2O2S/c14-7-9-3-1-2-4-10(9)8-17-13(16)12-11(15)5-6-18-12/h1-6H,8,15H2. The summed E-state index contributed by atoms with van der Waals surface area (Å²) in [6, 6.07) is 10.7. The van der Waals surface area contributed by atoms with E-state index in [4.69, 9.17) is 15.7 Å². The third-order valence-corrected chi connectivity index (χ3v) is 3.29. The number of esters is 1. The van der Waals surface area contributed by atoms with E-state index in [1.165, 1.54) is 11.3 Å². The van der Waals surface area contributed by atoms with Crippen LogP contribution in [0.4, 0.5) is 5.69 Å². The molecule has 0 spiro atoms. The summed E-state index contributed by atoms with van der Waals surface area (Å²) in [6.45, 7) is 0.0694. The maximum Gasteiger partial charge on any atom is 0.350 e. The lowest BCUT2D eigenvalue weighted by molar-refractivity contribution is 0.0479. The van der Waals surface area contributed by atoms with Crippen molar-refractivity contribution in [2.75, 3.05) is 5.73 Å². The number of nitrogens with zero attached hydrogens (tertiary/aromatic N) is 1. The molecule has 1 aromatic carbocycles. The lowest BCUT2D eigenvalue weighted by atomic mass is 10.1. The van der Waals surface area contributed by atoms with Gasteiger partial charge in [0.2, 0.25) is 0 Å². The Morgan fingerprint density at radius 2 is 2.17 bits per heavy atom. The Kier molecular flexibility index (Phi) is 3.60. The molecule has 5 heteroatoms. The van der Waals surface area contributed by atoms with Gasteiger partial charge in [-0.25, -0.2) is 4.79 Å². The number of ether oxygens (including phenoxy) is 1. The molecule has 0 aliphatic heterocycles. The maximum atomic E-state index is 11.7. The number of carbonyl (C=O) groups excluding carboxylic acids is 1. The number of nitrogen functional groups attached to an aromatic ring is 1. The Morgan fingerprint density at radius 3 is 2.83 bits per heavy atom. The molecule has 18 heavy (non-hydrogen) atoms. The van der Waals surface area contributed by atoms with Gasteiger partial charge >= 0.3 is 5.97 Å². The van der Waals surface area contributed by atoms with Crippen LogP contribution in [0.15, 0.2) is 35.7 Å². The molecule has 4 nitrogen and oxygen atoms in total. The van der Waals surface area contributed by atoms with Gasteiger partial charge in [-0.05, 0) is 17.5 Å². The van der Waals surface area contributed by atoms with Crippen LogP contribution in [-0.4, -0.2) is 5.97 Å². The molecule has 0 atom stereocenters. The van der Waals surface area contributed by atoms with E-state index in [0.29, 0.717) is 21.7 Å². The second kappa shape index (κ2) is 5.34. The van der Waals surface area contributed by atoms with Crippen molar-refractivity contribution in [3.8, 4) is 6.07 Å². The van der Waals surface area contributed by atoms with Crippen molar-refractivity contribution < 1.29 is 9.53 Å². The molecule has 0 radical (unpaired) electrons. The average molecular weight is 258 g/mol. The van der Waals surface area contributed by atoms with E-state index in [1.807, 2.05) is 0 Å². The smallest absolute Gasteiger partial charge is 0.350 e. The summed E-state index contributed by atoms with van der Waals surface area (Å²) in [5.74, 6) is -0.463. The highest BCUT2D eigenvalue weighted by molar-refractivity contribution is 7.12. The molecule has 1 heterocycles. The lowest BCUT2D eigenvalue weighted by Crippen LogP contribution is -2.06. The van der Waals surface area contributed by atoms with Gasteiger partial charge in [0.15, 0.2) is 0 Å². The predicted molar refractivity (Wildman–Crippen MR) is 69.0 cm³/mol. The fourth-order valence-corrected chi connectivity index (χ4v) is 2.16. The number of benzene rings is 1. The number of anilines is 1. The minimum absolute atomic E-state index is 0.0694. The third-order valence-electron chi connectivity index (χ3n) is 2.38. The molecule has 0 saturated heterocycles. The SMILES string of the molecule is N#Cc1ccccc1COC(=O)c1sccc1N. The third kappa shape index (κ3) is 2.50. The van der Waals surface area contributed by atoms with Gasteiger partial charge in [0.1, 0.15) is 11.5 Å². The summed E-state index contributed by atoms with van der Waals surface area (Å²) in [7, 11) is 0. The molecule has 0 fully saturated rings. The van der Waals surface area contributed by atoms with Crippen molar-refractivity contribution in [1.29, 1.82) is 5.26 Å². The summed E-state index contributed by atoms with van der Waals surface area (Å²) < 4.78 is 5.14. The van der Waals surface area contributed by atoms with E-state index >= 15 is 0 Å². The number of nitrogens with two attached hydrogens (primary N) is 1. The largest absolute Gasteiger partial charge is 0.457 e. The van der Waals surface area contributed by atoms with Crippen LogP contribution in [0.2, 0.25) is 0 Å². The van der Waals surface area contributed by atoms with E-state index in [0.717, 1.165) is 0 Å². The van der Waals surface area contributed by atoms with Crippen LogP contribution in [0.5, 0.6) is 0 Å². The maximum absolute atomic E-state index is 11.7. The molecular weight excluding hydrogens is 248 g/mol. The van der Waals surface area contributed by atoms with Gasteiger partial charge in [-0.15, -0.1) is 11.3 Å². The van der Waals surface area contributed by atoms with Crippen LogP contribution < -0.4 is 5.73 Å². The Morgan fingerprint density at radius 1 is 1.39 bits per heavy atom. The molecule has 0 saturated carbocycles. The molecule has 0 amide bonds. The van der Waals surface area contributed by atoms with E-state index in [1.54, 1.807) is 35.7 Å². The molecule has 0 aliphatic carbocycles. The molecule has 2 aromatic rings. The lowest BCUT2D eigenvalue weighted by Gasteiger charge is -2.05. The molecular formula is C13H10N2O2S. The van der Waals surface area contributed by atoms with Crippen LogP contribution in [0.3, 0.4) is 0 Å². The van der Waals surface area contributed by atoms with E-state index < -0.39 is 5.97 Å². The van der Waals surface area contributed by atoms with Crippen molar-refractivity contribution >= 4 is 23.0 Å². The summed E-state index contributed by atoms with van der Waals surface area (Å²) in [5, 5.41) is 10.6. The molecule has 0 aliphatic rings. The molecule has 2 rings (SSSR count). The number of thiophene rings is 1. The van der Waals surface area contributed by atoms with Gasteiger partial charge in [-0.2, -0.15) is 5.26 Å². The summed E-state index contributed by atoms with van der Waals surface area (Å²) in [6.07, 6.45) is 0. The molecule has 0 unspecified atom stereocenters. The highest BCUT2D eigenvalue weighted by atomic mass is 32.1. The highest BCUT2D eigenvalue weighted by Gasteiger charge is 2.13. The molecule has 1 aromatic heterocycles. The van der Waals surface area contributed by atoms with Crippen LogP contribution in [0.25, 0.3) is 0 Å². The second-order valence-electron chi connectivity index (χ2n) is 3.55. The zero-order valence-corrected chi connectivity index (χ0v) is 10.2. The predicted octanol–water partition coefficient (Wildman–Crippen LogP) is 2.56. The van der Waals surface area contributed by atoms with E-state index in [2.05, 4.69) is 6.07 Å². The monoisotopic (exact) mass is 258 g/mol. The fourth-order valence-electron chi connectivity index (χ4n) is 1.45. The fraction of sp³-hybridized carbons (Fsp3) is 0.0769. The van der Waals surface area contributed by atoms with E-state index in [9.17, 15) is 4.79 Å². The zero-order chi connectivity index (χ0) is 13.0. The molecule has 0 bridgehead atoms. The van der Waals surface area contributed by atoms with Crippen LogP contribution in [0.1, 0.15) is 20.8 Å². The van der Waals surface area contributed by atoms with Crippen molar-refractivity contribution in [3.63, 3.8) is 0 Å². The van der Waals surface area contributed by atoms with Gasteiger partial charge in [-0.3, -0.25) is 0 Å². The zero-order valence-electron chi connectivity index (χ0n) is 9.42. The average Bonchev–Trinajstić information content (AvgIpc) is 2.82. The first-order valence-corrected chi connectivity index (χ1v) is 6.08. The highest BCUT2D eigenvalue weighted by Crippen LogP contribution is 2.20. The minimum Gasteiger partial charge on any atom is -0.457 e. The number of hydrogen-bond donors (Lipinski definition) is 1. The number of hydrogen-bond acceptors (Lipinski definition) is 5. The van der Waals surface area contributed by atoms with Gasteiger partial charge < -0.3 is 10.5 Å². The summed E-state index contributed by atoms with van der Waals surface area (Å²) >= 11 is 1.24. The summed E-state index contributed by atoms with van der Waals surface area (Å²) in [5.41, 5.74) is 7.23. The van der Waals surface area contributed by atoms with Crippen molar-refractivity contribution in [2.45, 2.75) is 6.61 Å². The Bertz CT molecular complexity index is 613. The first-order valence-electron chi connectivity index (χ1n) is 5.20. The van der Waals surface area contributed by atoms with E-state index in [-0.39, 0.29) is 6.61 Å². The van der Waals surface area contributed by atoms with Gasteiger partial charge in [0.05, 0.1) is 17.3 Å². The normalized spacial score (nSPS) is 9.72. The quantitative estimate of drug-likeness (QED) is 0.858. The number of rotatable bonds is 3. The molecule has 2 N–H and O–H groups in total. The number of nitriles is 1. The first kappa shape index (κ1) is 12.1. The van der Waals surface area contributed by atoms with Gasteiger partial charge in [0, 0.05) is 5.56 Å². The van der Waals surface area contributed by atoms with Crippen molar-refractivity contribution in [2.24, 2.45) is 0 Å². The molecule has 90 valence electrons. The Hall–Kier alpha value is -2.32.